The number of carbonyl (C=O) groups is 1. The van der Waals surface area contributed by atoms with Gasteiger partial charge in [-0.15, -0.1) is 0 Å². The molecule has 2 amide bonds. The number of likely N-dealkylation sites (tertiary alicyclic amines) is 2. The lowest BCUT2D eigenvalue weighted by molar-refractivity contribution is 0.0430. The van der Waals surface area contributed by atoms with Gasteiger partial charge in [-0.25, -0.2) is 9.18 Å². The van der Waals surface area contributed by atoms with E-state index >= 15 is 0 Å². The van der Waals surface area contributed by atoms with Crippen LogP contribution in [0.3, 0.4) is 0 Å². The maximum Gasteiger partial charge on any atom is 0.324 e. The first-order chi connectivity index (χ1) is 16.3. The van der Waals surface area contributed by atoms with Gasteiger partial charge >= 0.3 is 6.03 Å². The largest absolute Gasteiger partial charge is 0.324 e. The van der Waals surface area contributed by atoms with Gasteiger partial charge in [-0.05, 0) is 68.5 Å². The fourth-order valence-electron chi connectivity index (χ4n) is 5.88. The van der Waals surface area contributed by atoms with Gasteiger partial charge in [0.2, 0.25) is 0 Å². The van der Waals surface area contributed by atoms with Crippen LogP contribution in [-0.4, -0.2) is 53.5 Å². The number of halogens is 1. The van der Waals surface area contributed by atoms with Crippen LogP contribution in [0.15, 0.2) is 36.5 Å². The summed E-state index contributed by atoms with van der Waals surface area (Å²) in [6, 6.07) is 10.7. The first-order valence-corrected chi connectivity index (χ1v) is 12.2. The Hall–Kier alpha value is -2.98. The van der Waals surface area contributed by atoms with Crippen molar-refractivity contribution in [1.29, 1.82) is 5.26 Å². The monoisotopic (exact) mass is 461 g/mol. The van der Waals surface area contributed by atoms with Crippen molar-refractivity contribution in [3.05, 3.63) is 59.2 Å². The van der Waals surface area contributed by atoms with Crippen LogP contribution in [0.4, 0.5) is 14.9 Å². The number of piperidine rings is 2. The van der Waals surface area contributed by atoms with Crippen molar-refractivity contribution in [2.24, 2.45) is 5.41 Å². The van der Waals surface area contributed by atoms with Gasteiger partial charge in [0.05, 0.1) is 23.0 Å². The summed E-state index contributed by atoms with van der Waals surface area (Å²) in [4.78, 5) is 24.2. The Labute approximate surface area is 201 Å². The molecule has 1 spiro atoms. The fourth-order valence-corrected chi connectivity index (χ4v) is 5.88. The Morgan fingerprint density at radius 2 is 1.82 bits per heavy atom. The average molecular weight is 462 g/mol. The number of rotatable bonds is 2. The Balaban J connectivity index is 1.16. The van der Waals surface area contributed by atoms with Crippen LogP contribution < -0.4 is 4.90 Å². The fraction of sp³-hybridized carbons (Fsp3) is 0.519. The van der Waals surface area contributed by atoms with Gasteiger partial charge in [-0.1, -0.05) is 19.9 Å². The van der Waals surface area contributed by atoms with Gasteiger partial charge in [-0.3, -0.25) is 14.8 Å². The summed E-state index contributed by atoms with van der Waals surface area (Å²) in [6.07, 6.45) is 6.01. The number of carbonyl (C=O) groups excluding carboxylic acids is 1. The zero-order valence-electron chi connectivity index (χ0n) is 20.1. The highest BCUT2D eigenvalue weighted by Gasteiger charge is 2.43. The van der Waals surface area contributed by atoms with Gasteiger partial charge in [0.1, 0.15) is 5.82 Å². The third-order valence-corrected chi connectivity index (χ3v) is 8.09. The summed E-state index contributed by atoms with van der Waals surface area (Å²) in [5.41, 5.74) is 3.10. The molecule has 3 aliphatic heterocycles. The lowest BCUT2D eigenvalue weighted by atomic mass is 9.71. The molecule has 6 nitrogen and oxygen atoms in total. The lowest BCUT2D eigenvalue weighted by Crippen LogP contribution is -2.51. The SMILES string of the molecule is CC1(C)CN(C(=O)N2CCC3(CCN(Cc4ccc(C#N)cc4F)CC3)CC2)c2cccnc21. The number of nitrogens with zero attached hydrogens (tertiary/aromatic N) is 5. The molecule has 0 saturated carbocycles. The summed E-state index contributed by atoms with van der Waals surface area (Å²) in [5.74, 6) is -0.298. The van der Waals surface area contributed by atoms with Crippen LogP contribution in [-0.2, 0) is 12.0 Å². The quantitative estimate of drug-likeness (QED) is 0.651. The summed E-state index contributed by atoms with van der Waals surface area (Å²) < 4.78 is 14.3. The minimum absolute atomic E-state index is 0.100. The third-order valence-electron chi connectivity index (χ3n) is 8.09. The molecule has 3 aliphatic rings. The van der Waals surface area contributed by atoms with Crippen LogP contribution >= 0.6 is 0 Å². The topological polar surface area (TPSA) is 63.5 Å². The standard InChI is InChI=1S/C27H32FN5O/c1-26(2)19-33(23-4-3-11-30-24(23)26)25(34)32-14-9-27(10-15-32)7-12-31(13-8-27)18-21-6-5-20(17-29)16-22(21)28/h3-6,11,16H,7-10,12-15,18-19H2,1-2H3. The Bertz CT molecular complexity index is 1120. The highest BCUT2D eigenvalue weighted by molar-refractivity contribution is 5.94. The number of anilines is 1. The second-order valence-corrected chi connectivity index (χ2v) is 10.8. The molecule has 0 bridgehead atoms. The van der Waals surface area contributed by atoms with Gasteiger partial charge in [-0.2, -0.15) is 5.26 Å². The number of nitriles is 1. The predicted molar refractivity (Wildman–Crippen MR) is 129 cm³/mol. The molecule has 4 heterocycles. The molecule has 1 aromatic heterocycles. The maximum absolute atomic E-state index is 14.3. The number of aromatic nitrogens is 1. The predicted octanol–water partition coefficient (Wildman–Crippen LogP) is 4.69. The van der Waals surface area contributed by atoms with Crippen LogP contribution in [0.5, 0.6) is 0 Å². The van der Waals surface area contributed by atoms with Crippen molar-refractivity contribution in [1.82, 2.24) is 14.8 Å². The first-order valence-electron chi connectivity index (χ1n) is 12.2. The summed E-state index contributed by atoms with van der Waals surface area (Å²) >= 11 is 0. The minimum atomic E-state index is -0.298. The highest BCUT2D eigenvalue weighted by atomic mass is 19.1. The molecule has 1 aromatic carbocycles. The molecular formula is C27H32FN5O. The Kier molecular flexibility index (Phi) is 5.81. The van der Waals surface area contributed by atoms with Gasteiger partial charge in [0.15, 0.2) is 0 Å². The second kappa shape index (κ2) is 8.66. The van der Waals surface area contributed by atoms with Gasteiger partial charge < -0.3 is 4.90 Å². The Morgan fingerprint density at radius 1 is 1.12 bits per heavy atom. The number of fused-ring (bicyclic) bond motifs is 1. The normalized spacial score (nSPS) is 21.4. The smallest absolute Gasteiger partial charge is 0.324 e. The first kappa shape index (κ1) is 22.8. The van der Waals surface area contributed by atoms with E-state index in [1.807, 2.05) is 28.0 Å². The van der Waals surface area contributed by atoms with E-state index in [1.54, 1.807) is 18.3 Å². The van der Waals surface area contributed by atoms with Gasteiger partial charge in [0, 0.05) is 43.4 Å². The minimum Gasteiger partial charge on any atom is -0.324 e. The highest BCUT2D eigenvalue weighted by Crippen LogP contribution is 2.43. The number of hydrogen-bond acceptors (Lipinski definition) is 4. The van der Waals surface area contributed by atoms with Crippen molar-refractivity contribution in [3.8, 4) is 6.07 Å². The average Bonchev–Trinajstić information content (AvgIpc) is 3.13. The van der Waals surface area contributed by atoms with Gasteiger partial charge in [0.25, 0.3) is 0 Å². The number of urea groups is 1. The molecular weight excluding hydrogens is 429 g/mol. The van der Waals surface area contributed by atoms with E-state index in [2.05, 4.69) is 23.7 Å². The van der Waals surface area contributed by atoms with E-state index < -0.39 is 0 Å². The number of hydrogen-bond donors (Lipinski definition) is 0. The summed E-state index contributed by atoms with van der Waals surface area (Å²) in [7, 11) is 0. The molecule has 5 rings (SSSR count). The van der Waals surface area contributed by atoms with Crippen LogP contribution in [0.25, 0.3) is 0 Å². The van der Waals surface area contributed by atoms with Crippen molar-refractivity contribution in [3.63, 3.8) is 0 Å². The molecule has 0 atom stereocenters. The van der Waals surface area contributed by atoms with E-state index in [-0.39, 0.29) is 22.7 Å². The van der Waals surface area contributed by atoms with Crippen molar-refractivity contribution < 1.29 is 9.18 Å². The molecule has 2 saturated heterocycles. The van der Waals surface area contributed by atoms with Crippen LogP contribution in [0.2, 0.25) is 0 Å². The molecule has 0 N–H and O–H groups in total. The van der Waals surface area contributed by atoms with E-state index in [0.717, 1.165) is 63.2 Å². The molecule has 0 unspecified atom stereocenters. The zero-order valence-corrected chi connectivity index (χ0v) is 20.1. The molecule has 178 valence electrons. The third kappa shape index (κ3) is 4.16. The lowest BCUT2D eigenvalue weighted by Gasteiger charge is -2.47. The van der Waals surface area contributed by atoms with Crippen molar-refractivity contribution in [2.45, 2.75) is 51.5 Å². The van der Waals surface area contributed by atoms with E-state index in [9.17, 15) is 9.18 Å². The summed E-state index contributed by atoms with van der Waals surface area (Å²) in [6.45, 7) is 8.99. The molecule has 0 radical (unpaired) electrons. The number of amides is 2. The molecule has 34 heavy (non-hydrogen) atoms. The zero-order chi connectivity index (χ0) is 23.9. The molecule has 0 aliphatic carbocycles. The molecule has 2 fully saturated rings. The summed E-state index contributed by atoms with van der Waals surface area (Å²) in [5, 5.41) is 8.94. The maximum atomic E-state index is 14.3. The van der Waals surface area contributed by atoms with Crippen LogP contribution in [0, 0.1) is 22.6 Å². The van der Waals surface area contributed by atoms with E-state index in [4.69, 9.17) is 5.26 Å². The number of pyridine rings is 1. The second-order valence-electron chi connectivity index (χ2n) is 10.8. The van der Waals surface area contributed by atoms with Crippen molar-refractivity contribution in [2.75, 3.05) is 37.6 Å². The van der Waals surface area contributed by atoms with Crippen LogP contribution in [0.1, 0.15) is 56.4 Å². The molecule has 2 aromatic rings. The Morgan fingerprint density at radius 3 is 2.50 bits per heavy atom. The van der Waals surface area contributed by atoms with E-state index in [0.29, 0.717) is 24.2 Å². The van der Waals surface area contributed by atoms with E-state index in [1.165, 1.54) is 6.07 Å². The molecule has 7 heteroatoms. The van der Waals surface area contributed by atoms with Crippen molar-refractivity contribution >= 4 is 11.7 Å². The number of benzene rings is 1.